The van der Waals surface area contributed by atoms with Gasteiger partial charge in [-0.3, -0.25) is 19.7 Å². The molecule has 0 bridgehead atoms. The molecule has 0 fully saturated rings. The fourth-order valence-electron chi connectivity index (χ4n) is 4.29. The van der Waals surface area contributed by atoms with Gasteiger partial charge in [-0.25, -0.2) is 0 Å². The van der Waals surface area contributed by atoms with Crippen LogP contribution in [0, 0.1) is 10.1 Å². The molecule has 2 amide bonds. The highest BCUT2D eigenvalue weighted by molar-refractivity contribution is 6.30. The summed E-state index contributed by atoms with van der Waals surface area (Å²) in [6.07, 6.45) is 0. The van der Waals surface area contributed by atoms with E-state index in [1.54, 1.807) is 24.3 Å². The average Bonchev–Trinajstić information content (AvgIpc) is 2.96. The Morgan fingerprint density at radius 1 is 0.875 bits per heavy atom. The highest BCUT2D eigenvalue weighted by Crippen LogP contribution is 2.41. The number of amides is 2. The zero-order valence-corrected chi connectivity index (χ0v) is 21.6. The van der Waals surface area contributed by atoms with Crippen molar-refractivity contribution in [3.8, 4) is 5.75 Å². The number of fused-ring (bicyclic) bond motifs is 2. The van der Waals surface area contributed by atoms with Crippen LogP contribution in [0.5, 0.6) is 5.75 Å². The third-order valence-electron chi connectivity index (χ3n) is 6.25. The standard InChI is InChI=1S/C29H20ClN5O5/c1-31-28(37)17-9-11-21-18(13-17)14-22(29(38)32-23-8-4-6-16-5-2-3-7-20(16)23)27(36)26(21)34-33-24-12-10-19(30)15-25(24)35(39)40/h2-15,36H,1H3,(H,31,37)(H,32,38). The molecule has 5 aromatic carbocycles. The van der Waals surface area contributed by atoms with Gasteiger partial charge in [-0.2, -0.15) is 0 Å². The van der Waals surface area contributed by atoms with Crippen LogP contribution in [0.3, 0.4) is 0 Å². The van der Waals surface area contributed by atoms with E-state index in [0.717, 1.165) is 16.8 Å². The first kappa shape index (κ1) is 26.3. The van der Waals surface area contributed by atoms with E-state index in [0.29, 0.717) is 22.0 Å². The first-order valence-electron chi connectivity index (χ1n) is 11.9. The summed E-state index contributed by atoms with van der Waals surface area (Å²) in [5.41, 5.74) is 0.127. The Labute approximate surface area is 232 Å². The molecule has 3 N–H and O–H groups in total. The number of hydrogen-bond acceptors (Lipinski definition) is 7. The summed E-state index contributed by atoms with van der Waals surface area (Å²) >= 11 is 5.90. The molecule has 40 heavy (non-hydrogen) atoms. The Balaban J connectivity index is 1.65. The van der Waals surface area contributed by atoms with Gasteiger partial charge in [-0.1, -0.05) is 54.1 Å². The number of rotatable bonds is 6. The van der Waals surface area contributed by atoms with Gasteiger partial charge >= 0.3 is 0 Å². The highest BCUT2D eigenvalue weighted by Gasteiger charge is 2.21. The minimum Gasteiger partial charge on any atom is -0.505 e. The lowest BCUT2D eigenvalue weighted by molar-refractivity contribution is -0.384. The van der Waals surface area contributed by atoms with E-state index in [9.17, 15) is 24.8 Å². The van der Waals surface area contributed by atoms with E-state index in [2.05, 4.69) is 20.9 Å². The maximum Gasteiger partial charge on any atom is 0.298 e. The van der Waals surface area contributed by atoms with Crippen molar-refractivity contribution >= 4 is 67.7 Å². The lowest BCUT2D eigenvalue weighted by atomic mass is 10.00. The molecule has 5 rings (SSSR count). The summed E-state index contributed by atoms with van der Waals surface area (Å²) < 4.78 is 0. The van der Waals surface area contributed by atoms with Crippen molar-refractivity contribution < 1.29 is 19.6 Å². The Morgan fingerprint density at radius 2 is 1.65 bits per heavy atom. The number of azo groups is 1. The minimum absolute atomic E-state index is 0.102. The van der Waals surface area contributed by atoms with Crippen molar-refractivity contribution in [2.45, 2.75) is 0 Å². The first-order valence-corrected chi connectivity index (χ1v) is 12.3. The maximum absolute atomic E-state index is 13.5. The van der Waals surface area contributed by atoms with E-state index < -0.39 is 16.6 Å². The number of carbonyl (C=O) groups excluding carboxylic acids is 2. The molecule has 0 aliphatic rings. The topological polar surface area (TPSA) is 146 Å². The Kier molecular flexibility index (Phi) is 7.09. The lowest BCUT2D eigenvalue weighted by Gasteiger charge is -2.13. The van der Waals surface area contributed by atoms with Crippen LogP contribution >= 0.6 is 11.6 Å². The number of phenols is 1. The molecule has 5 aromatic rings. The number of nitro benzene ring substituents is 1. The van der Waals surface area contributed by atoms with E-state index in [1.165, 1.54) is 31.3 Å². The van der Waals surface area contributed by atoms with Gasteiger partial charge in [0.25, 0.3) is 17.5 Å². The SMILES string of the molecule is CNC(=O)c1ccc2c(N=Nc3ccc(Cl)cc3[N+](=O)[O-])c(O)c(C(=O)Nc3cccc4ccccc34)cc2c1. The number of benzene rings is 5. The van der Waals surface area contributed by atoms with Crippen LogP contribution in [-0.4, -0.2) is 28.9 Å². The van der Waals surface area contributed by atoms with Crippen molar-refractivity contribution in [1.29, 1.82) is 0 Å². The summed E-state index contributed by atoms with van der Waals surface area (Å²) in [6, 6.07) is 22.9. The molecule has 0 saturated heterocycles. The van der Waals surface area contributed by atoms with Crippen LogP contribution < -0.4 is 10.6 Å². The monoisotopic (exact) mass is 553 g/mol. The Bertz CT molecular complexity index is 1870. The molecular formula is C29H20ClN5O5. The van der Waals surface area contributed by atoms with Crippen LogP contribution in [0.25, 0.3) is 21.5 Å². The molecule has 11 heteroatoms. The number of nitrogens with zero attached hydrogens (tertiary/aromatic N) is 3. The average molecular weight is 554 g/mol. The minimum atomic E-state index is -0.651. The Hall–Kier alpha value is -5.35. The molecule has 0 atom stereocenters. The van der Waals surface area contributed by atoms with E-state index in [-0.39, 0.29) is 33.6 Å². The molecule has 0 heterocycles. The number of nitro groups is 1. The number of hydrogen-bond donors (Lipinski definition) is 3. The molecule has 0 aromatic heterocycles. The lowest BCUT2D eigenvalue weighted by Crippen LogP contribution is -2.17. The number of carbonyl (C=O) groups is 2. The molecule has 0 aliphatic heterocycles. The van der Waals surface area contributed by atoms with Crippen molar-refractivity contribution in [2.24, 2.45) is 10.2 Å². The highest BCUT2D eigenvalue weighted by atomic mass is 35.5. The van der Waals surface area contributed by atoms with E-state index in [4.69, 9.17) is 11.6 Å². The summed E-state index contributed by atoms with van der Waals surface area (Å²) in [6.45, 7) is 0. The van der Waals surface area contributed by atoms with Gasteiger partial charge in [0.15, 0.2) is 11.4 Å². The second kappa shape index (κ2) is 10.8. The fraction of sp³-hybridized carbons (Fsp3) is 0.0345. The summed E-state index contributed by atoms with van der Waals surface area (Å²) in [4.78, 5) is 36.6. The van der Waals surface area contributed by atoms with Crippen molar-refractivity contribution in [3.63, 3.8) is 0 Å². The third-order valence-corrected chi connectivity index (χ3v) is 6.48. The number of aromatic hydroxyl groups is 1. The smallest absolute Gasteiger partial charge is 0.298 e. The van der Waals surface area contributed by atoms with Crippen molar-refractivity contribution in [1.82, 2.24) is 5.32 Å². The largest absolute Gasteiger partial charge is 0.505 e. The molecule has 0 spiro atoms. The summed E-state index contributed by atoms with van der Waals surface area (Å²) in [5.74, 6) is -1.47. The number of halogens is 1. The zero-order valence-electron chi connectivity index (χ0n) is 20.9. The predicted molar refractivity (Wildman–Crippen MR) is 153 cm³/mol. The molecule has 0 unspecified atom stereocenters. The van der Waals surface area contributed by atoms with E-state index >= 15 is 0 Å². The fourth-order valence-corrected chi connectivity index (χ4v) is 4.46. The van der Waals surface area contributed by atoms with Gasteiger partial charge in [-0.05, 0) is 47.2 Å². The number of anilines is 1. The second-order valence-corrected chi connectivity index (χ2v) is 9.14. The molecule has 0 saturated carbocycles. The van der Waals surface area contributed by atoms with Gasteiger partial charge in [0.05, 0.1) is 10.5 Å². The van der Waals surface area contributed by atoms with Crippen molar-refractivity contribution in [3.05, 3.63) is 111 Å². The summed E-state index contributed by atoms with van der Waals surface area (Å²) in [7, 11) is 1.49. The molecule has 0 radical (unpaired) electrons. The normalized spacial score (nSPS) is 11.2. The Morgan fingerprint density at radius 3 is 2.42 bits per heavy atom. The van der Waals surface area contributed by atoms with Crippen molar-refractivity contribution in [2.75, 3.05) is 12.4 Å². The van der Waals surface area contributed by atoms with Crippen LogP contribution in [0.4, 0.5) is 22.7 Å². The quantitative estimate of drug-likeness (QED) is 0.115. The first-order chi connectivity index (χ1) is 19.3. The maximum atomic E-state index is 13.5. The molecular weight excluding hydrogens is 534 g/mol. The number of phenolic OH excluding ortho intramolecular Hbond substituents is 1. The van der Waals surface area contributed by atoms with Gasteiger partial charge in [0, 0.05) is 40.2 Å². The van der Waals surface area contributed by atoms with Gasteiger partial charge in [0.1, 0.15) is 5.69 Å². The zero-order chi connectivity index (χ0) is 28.4. The van der Waals surface area contributed by atoms with Crippen LogP contribution in [0.2, 0.25) is 5.02 Å². The van der Waals surface area contributed by atoms with Gasteiger partial charge in [-0.15, -0.1) is 10.2 Å². The van der Waals surface area contributed by atoms with Gasteiger partial charge in [0.2, 0.25) is 0 Å². The molecule has 198 valence electrons. The molecule has 0 aliphatic carbocycles. The summed E-state index contributed by atoms with van der Waals surface area (Å²) in [5, 5.41) is 38.9. The van der Waals surface area contributed by atoms with Crippen LogP contribution in [0.1, 0.15) is 20.7 Å². The second-order valence-electron chi connectivity index (χ2n) is 8.71. The van der Waals surface area contributed by atoms with Crippen LogP contribution in [-0.2, 0) is 0 Å². The number of nitrogens with one attached hydrogen (secondary N) is 2. The van der Waals surface area contributed by atoms with Gasteiger partial charge < -0.3 is 15.7 Å². The van der Waals surface area contributed by atoms with Crippen LogP contribution in [0.15, 0.2) is 95.2 Å². The van der Waals surface area contributed by atoms with E-state index in [1.807, 2.05) is 30.3 Å². The predicted octanol–water partition coefficient (Wildman–Crippen LogP) is 7.29. The third kappa shape index (κ3) is 5.03. The molecule has 10 nitrogen and oxygen atoms in total.